The number of carbonyl (C=O) groups is 1. The van der Waals surface area contributed by atoms with Gasteiger partial charge in [0.15, 0.2) is 0 Å². The van der Waals surface area contributed by atoms with E-state index in [1.807, 2.05) is 6.07 Å². The average Bonchev–Trinajstić information content (AvgIpc) is 2.58. The molecule has 0 aliphatic carbocycles. The highest BCUT2D eigenvalue weighted by Crippen LogP contribution is 2.28. The van der Waals surface area contributed by atoms with Crippen LogP contribution in [0.5, 0.6) is 0 Å². The highest BCUT2D eigenvalue weighted by molar-refractivity contribution is 5.77. The lowest BCUT2D eigenvalue weighted by Gasteiger charge is -2.22. The van der Waals surface area contributed by atoms with Crippen LogP contribution in [0.4, 0.5) is 9.18 Å². The Labute approximate surface area is 99.8 Å². The van der Waals surface area contributed by atoms with Crippen molar-refractivity contribution in [1.29, 1.82) is 0 Å². The molecular weight excluding hydrogens is 221 g/mol. The highest BCUT2D eigenvalue weighted by atomic mass is 19.1. The molecule has 1 atom stereocenters. The number of likely N-dealkylation sites (N-methyl/N-ethyl adjacent to an activating group) is 1. The predicted molar refractivity (Wildman–Crippen MR) is 62.9 cm³/mol. The monoisotopic (exact) mass is 237 g/mol. The molecule has 1 heterocycles. The zero-order valence-corrected chi connectivity index (χ0v) is 9.77. The van der Waals surface area contributed by atoms with E-state index in [1.54, 1.807) is 22.9 Å². The van der Waals surface area contributed by atoms with Gasteiger partial charge in [-0.2, -0.15) is 0 Å². The van der Waals surface area contributed by atoms with E-state index in [9.17, 15) is 9.18 Å². The lowest BCUT2D eigenvalue weighted by molar-refractivity contribution is 0.192. The van der Waals surface area contributed by atoms with Gasteiger partial charge in [-0.05, 0) is 17.7 Å². The van der Waals surface area contributed by atoms with E-state index < -0.39 is 0 Å². The van der Waals surface area contributed by atoms with Crippen LogP contribution < -0.4 is 5.73 Å². The minimum absolute atomic E-state index is 0.0512. The summed E-state index contributed by atoms with van der Waals surface area (Å²) in [6, 6.07) is 6.21. The third-order valence-electron chi connectivity index (χ3n) is 3.00. The summed E-state index contributed by atoms with van der Waals surface area (Å²) in [5.74, 6) is -0.280. The summed E-state index contributed by atoms with van der Waals surface area (Å²) in [7, 11) is 1.74. The number of carbonyl (C=O) groups excluding carboxylic acids is 1. The Bertz CT molecular complexity index is 424. The molecule has 92 valence electrons. The van der Waals surface area contributed by atoms with Crippen molar-refractivity contribution in [3.05, 3.63) is 35.6 Å². The molecule has 5 heteroatoms. The van der Waals surface area contributed by atoms with Gasteiger partial charge in [-0.25, -0.2) is 9.18 Å². The maximum absolute atomic E-state index is 13.2. The van der Waals surface area contributed by atoms with Gasteiger partial charge < -0.3 is 15.5 Å². The lowest BCUT2D eigenvalue weighted by Crippen LogP contribution is -2.34. The van der Waals surface area contributed by atoms with Crippen molar-refractivity contribution in [2.24, 2.45) is 5.73 Å². The molecule has 2 amide bonds. The first-order chi connectivity index (χ1) is 8.13. The SMILES string of the molecule is CN1CC(c2cccc(F)c2)N(CCN)C1=O. The van der Waals surface area contributed by atoms with Crippen LogP contribution in [0.25, 0.3) is 0 Å². The van der Waals surface area contributed by atoms with Gasteiger partial charge >= 0.3 is 6.03 Å². The highest BCUT2D eigenvalue weighted by Gasteiger charge is 2.35. The first-order valence-corrected chi connectivity index (χ1v) is 5.60. The summed E-state index contributed by atoms with van der Waals surface area (Å²) in [4.78, 5) is 15.2. The molecule has 1 fully saturated rings. The molecular formula is C12H16FN3O. The molecule has 1 unspecified atom stereocenters. The van der Waals surface area contributed by atoms with Crippen molar-refractivity contribution in [1.82, 2.24) is 9.80 Å². The Morgan fingerprint density at radius 3 is 2.94 bits per heavy atom. The molecule has 0 radical (unpaired) electrons. The number of urea groups is 1. The molecule has 1 aliphatic heterocycles. The summed E-state index contributed by atoms with van der Waals surface area (Å²) < 4.78 is 13.2. The average molecular weight is 237 g/mol. The number of halogens is 1. The smallest absolute Gasteiger partial charge is 0.320 e. The third-order valence-corrected chi connectivity index (χ3v) is 3.00. The molecule has 0 bridgehead atoms. The molecule has 2 N–H and O–H groups in total. The fourth-order valence-corrected chi connectivity index (χ4v) is 2.18. The molecule has 4 nitrogen and oxygen atoms in total. The number of rotatable bonds is 3. The summed E-state index contributed by atoms with van der Waals surface area (Å²) in [6.45, 7) is 1.47. The third kappa shape index (κ3) is 2.24. The Balaban J connectivity index is 2.27. The van der Waals surface area contributed by atoms with Crippen molar-refractivity contribution >= 4 is 6.03 Å². The zero-order chi connectivity index (χ0) is 12.4. The second-order valence-corrected chi connectivity index (χ2v) is 4.22. The largest absolute Gasteiger partial charge is 0.329 e. The summed E-state index contributed by atoms with van der Waals surface area (Å²) in [5.41, 5.74) is 6.32. The summed E-state index contributed by atoms with van der Waals surface area (Å²) in [5, 5.41) is 0. The van der Waals surface area contributed by atoms with Crippen molar-refractivity contribution in [3.8, 4) is 0 Å². The molecule has 1 aromatic rings. The van der Waals surface area contributed by atoms with Gasteiger partial charge in [0.2, 0.25) is 0 Å². The Hall–Kier alpha value is -1.62. The molecule has 1 aromatic carbocycles. The molecule has 17 heavy (non-hydrogen) atoms. The van der Waals surface area contributed by atoms with E-state index in [0.29, 0.717) is 19.6 Å². The van der Waals surface area contributed by atoms with Gasteiger partial charge in [-0.15, -0.1) is 0 Å². The molecule has 1 saturated heterocycles. The quantitative estimate of drug-likeness (QED) is 0.858. The number of amides is 2. The topological polar surface area (TPSA) is 49.6 Å². The lowest BCUT2D eigenvalue weighted by atomic mass is 10.1. The van der Waals surface area contributed by atoms with Crippen molar-refractivity contribution in [2.75, 3.05) is 26.7 Å². The van der Waals surface area contributed by atoms with Gasteiger partial charge in [0.05, 0.1) is 6.04 Å². The first kappa shape index (κ1) is 11.9. The van der Waals surface area contributed by atoms with Crippen LogP contribution in [0, 0.1) is 5.82 Å². The minimum atomic E-state index is -0.280. The fourth-order valence-electron chi connectivity index (χ4n) is 2.18. The Morgan fingerprint density at radius 2 is 2.29 bits per heavy atom. The van der Waals surface area contributed by atoms with Crippen LogP contribution in [0.3, 0.4) is 0 Å². The van der Waals surface area contributed by atoms with Crippen LogP contribution in [-0.2, 0) is 0 Å². The maximum Gasteiger partial charge on any atom is 0.320 e. The number of hydrogen-bond acceptors (Lipinski definition) is 2. The van der Waals surface area contributed by atoms with Gasteiger partial charge in [0, 0.05) is 26.7 Å². The molecule has 0 spiro atoms. The maximum atomic E-state index is 13.2. The van der Waals surface area contributed by atoms with E-state index in [-0.39, 0.29) is 17.9 Å². The van der Waals surface area contributed by atoms with Gasteiger partial charge in [-0.3, -0.25) is 0 Å². The first-order valence-electron chi connectivity index (χ1n) is 5.60. The number of hydrogen-bond donors (Lipinski definition) is 1. The number of nitrogens with two attached hydrogens (primary N) is 1. The second-order valence-electron chi connectivity index (χ2n) is 4.22. The van der Waals surface area contributed by atoms with Crippen molar-refractivity contribution in [3.63, 3.8) is 0 Å². The summed E-state index contributed by atoms with van der Waals surface area (Å²) >= 11 is 0. The molecule has 0 aromatic heterocycles. The fraction of sp³-hybridized carbons (Fsp3) is 0.417. The molecule has 0 saturated carbocycles. The van der Waals surface area contributed by atoms with Crippen LogP contribution in [-0.4, -0.2) is 42.5 Å². The van der Waals surface area contributed by atoms with Gasteiger partial charge in [-0.1, -0.05) is 12.1 Å². The van der Waals surface area contributed by atoms with E-state index >= 15 is 0 Å². The van der Waals surface area contributed by atoms with Crippen LogP contribution in [0.2, 0.25) is 0 Å². The van der Waals surface area contributed by atoms with Crippen molar-refractivity contribution < 1.29 is 9.18 Å². The zero-order valence-electron chi connectivity index (χ0n) is 9.77. The van der Waals surface area contributed by atoms with Crippen LogP contribution in [0.15, 0.2) is 24.3 Å². The second kappa shape index (κ2) is 4.71. The van der Waals surface area contributed by atoms with Crippen LogP contribution in [0.1, 0.15) is 11.6 Å². The van der Waals surface area contributed by atoms with E-state index in [0.717, 1.165) is 5.56 Å². The van der Waals surface area contributed by atoms with Gasteiger partial charge in [0.1, 0.15) is 5.82 Å². The van der Waals surface area contributed by atoms with E-state index in [4.69, 9.17) is 5.73 Å². The standard InChI is InChI=1S/C12H16FN3O/c1-15-8-11(16(6-5-14)12(15)17)9-3-2-4-10(13)7-9/h2-4,7,11H,5-6,8,14H2,1H3. The molecule has 2 rings (SSSR count). The minimum Gasteiger partial charge on any atom is -0.329 e. The number of benzene rings is 1. The van der Waals surface area contributed by atoms with Gasteiger partial charge in [0.25, 0.3) is 0 Å². The van der Waals surface area contributed by atoms with E-state index in [1.165, 1.54) is 12.1 Å². The Kier molecular flexibility index (Phi) is 3.28. The van der Waals surface area contributed by atoms with Crippen molar-refractivity contribution in [2.45, 2.75) is 6.04 Å². The number of nitrogens with zero attached hydrogens (tertiary/aromatic N) is 2. The Morgan fingerprint density at radius 1 is 1.53 bits per heavy atom. The van der Waals surface area contributed by atoms with E-state index in [2.05, 4.69) is 0 Å². The summed E-state index contributed by atoms with van der Waals surface area (Å²) in [6.07, 6.45) is 0. The normalized spacial score (nSPS) is 20.2. The predicted octanol–water partition coefficient (Wildman–Crippen LogP) is 1.19. The van der Waals surface area contributed by atoms with Crippen LogP contribution >= 0.6 is 0 Å². The molecule has 1 aliphatic rings.